The Morgan fingerprint density at radius 3 is 2.48 bits per heavy atom. The summed E-state index contributed by atoms with van der Waals surface area (Å²) in [5.41, 5.74) is 4.84. The van der Waals surface area contributed by atoms with Gasteiger partial charge in [0.2, 0.25) is 16.7 Å². The van der Waals surface area contributed by atoms with Crippen LogP contribution in [0.25, 0.3) is 0 Å². The molecule has 2 aliphatic heterocycles. The van der Waals surface area contributed by atoms with Crippen LogP contribution in [0.5, 0.6) is 0 Å². The molecule has 0 radical (unpaired) electrons. The maximum Gasteiger partial charge on any atom is 0.269 e. The molecular weight excluding hydrogens is 434 g/mol. The van der Waals surface area contributed by atoms with Crippen molar-refractivity contribution < 1.29 is 14.4 Å². The molecule has 0 aliphatic carbocycles. The van der Waals surface area contributed by atoms with Crippen LogP contribution < -0.4 is 15.1 Å². The molecule has 1 N–H and O–H groups in total. The number of thioether (sulfide) groups is 1. The second-order valence-electron chi connectivity index (χ2n) is 8.27. The van der Waals surface area contributed by atoms with Crippen LogP contribution in [0.4, 0.5) is 17.1 Å². The lowest BCUT2D eigenvalue weighted by atomic mass is 10.0. The number of hydrogen-bond acceptors (Lipinski definition) is 4. The van der Waals surface area contributed by atoms with Crippen LogP contribution in [0, 0.1) is 13.8 Å². The van der Waals surface area contributed by atoms with Crippen LogP contribution in [-0.2, 0) is 19.3 Å². The molecule has 3 aromatic carbocycles. The van der Waals surface area contributed by atoms with Crippen molar-refractivity contribution in [1.82, 2.24) is 0 Å². The molecule has 1 atom stereocenters. The molecule has 0 saturated carbocycles. The second-order valence-corrected chi connectivity index (χ2v) is 9.44. The number of carbonyl (C=O) groups excluding carboxylic acids is 3. The third-order valence-corrected chi connectivity index (χ3v) is 7.42. The first-order valence-electron chi connectivity index (χ1n) is 10.7. The Morgan fingerprint density at radius 1 is 1.00 bits per heavy atom. The Labute approximate surface area is 196 Å². The Hall–Kier alpha value is -3.58. The van der Waals surface area contributed by atoms with E-state index < -0.39 is 4.87 Å². The summed E-state index contributed by atoms with van der Waals surface area (Å²) >= 11 is 1.31. The van der Waals surface area contributed by atoms with Gasteiger partial charge in [-0.3, -0.25) is 24.2 Å². The van der Waals surface area contributed by atoms with Crippen LogP contribution in [-0.4, -0.2) is 30.0 Å². The average Bonchev–Trinajstić information content (AvgIpc) is 3.27. The summed E-state index contributed by atoms with van der Waals surface area (Å²) in [6.45, 7) is 3.80. The van der Waals surface area contributed by atoms with Gasteiger partial charge in [-0.05, 0) is 43.7 Å². The van der Waals surface area contributed by atoms with Crippen LogP contribution in [0.3, 0.4) is 0 Å². The lowest BCUT2D eigenvalue weighted by molar-refractivity contribution is -0.124. The van der Waals surface area contributed by atoms with Gasteiger partial charge in [0, 0.05) is 16.9 Å². The minimum Gasteiger partial charge on any atom is -0.324 e. The first-order valence-corrected chi connectivity index (χ1v) is 11.7. The number of anilines is 3. The summed E-state index contributed by atoms with van der Waals surface area (Å²) in [5.74, 6) is -0.504. The van der Waals surface area contributed by atoms with E-state index >= 15 is 0 Å². The van der Waals surface area contributed by atoms with Crippen molar-refractivity contribution in [2.24, 2.45) is 0 Å². The van der Waals surface area contributed by atoms with E-state index in [-0.39, 0.29) is 30.0 Å². The topological polar surface area (TPSA) is 69.7 Å². The summed E-state index contributed by atoms with van der Waals surface area (Å²) < 4.78 is 0. The second kappa shape index (κ2) is 8.08. The van der Waals surface area contributed by atoms with Crippen molar-refractivity contribution in [3.8, 4) is 0 Å². The molecule has 1 fully saturated rings. The van der Waals surface area contributed by atoms with Gasteiger partial charge in [0.1, 0.15) is 6.54 Å². The molecule has 6 nitrogen and oxygen atoms in total. The van der Waals surface area contributed by atoms with Gasteiger partial charge >= 0.3 is 0 Å². The molecule has 1 unspecified atom stereocenters. The fourth-order valence-corrected chi connectivity index (χ4v) is 5.94. The molecule has 3 amide bonds. The zero-order valence-corrected chi connectivity index (χ0v) is 19.2. The number of benzene rings is 3. The highest BCUT2D eigenvalue weighted by Crippen LogP contribution is 2.55. The van der Waals surface area contributed by atoms with E-state index in [2.05, 4.69) is 5.32 Å². The number of fused-ring (bicyclic) bond motifs is 2. The number of nitrogens with zero attached hydrogens (tertiary/aromatic N) is 2. The van der Waals surface area contributed by atoms with Crippen molar-refractivity contribution in [2.75, 3.05) is 27.4 Å². The van der Waals surface area contributed by atoms with Gasteiger partial charge in [0.25, 0.3) is 5.91 Å². The molecule has 0 bridgehead atoms. The maximum atomic E-state index is 13.9. The van der Waals surface area contributed by atoms with Crippen molar-refractivity contribution in [3.63, 3.8) is 0 Å². The molecule has 1 saturated heterocycles. The monoisotopic (exact) mass is 457 g/mol. The van der Waals surface area contributed by atoms with Crippen LogP contribution in [0.1, 0.15) is 16.7 Å². The number of nitrogens with one attached hydrogen (secondary N) is 1. The van der Waals surface area contributed by atoms with E-state index in [1.54, 1.807) is 4.90 Å². The van der Waals surface area contributed by atoms with Crippen molar-refractivity contribution >= 4 is 46.5 Å². The zero-order chi connectivity index (χ0) is 23.2. The van der Waals surface area contributed by atoms with Gasteiger partial charge in [-0.2, -0.15) is 0 Å². The molecule has 166 valence electrons. The molecule has 5 rings (SSSR count). The predicted octanol–water partition coefficient (Wildman–Crippen LogP) is 4.22. The van der Waals surface area contributed by atoms with Crippen LogP contribution in [0.2, 0.25) is 0 Å². The predicted molar refractivity (Wildman–Crippen MR) is 131 cm³/mol. The van der Waals surface area contributed by atoms with E-state index in [4.69, 9.17) is 0 Å². The third kappa shape index (κ3) is 3.40. The third-order valence-electron chi connectivity index (χ3n) is 6.04. The summed E-state index contributed by atoms with van der Waals surface area (Å²) in [7, 11) is 0. The number of rotatable bonds is 4. The van der Waals surface area contributed by atoms with E-state index in [9.17, 15) is 14.4 Å². The van der Waals surface area contributed by atoms with Crippen LogP contribution in [0.15, 0.2) is 72.8 Å². The fraction of sp³-hybridized carbons (Fsp3) is 0.192. The SMILES string of the molecule is Cc1ccc(NC(=O)CN2C(=O)C3(SCC(=O)N3c3ccccc3)c3ccccc32)c(C)c1. The standard InChI is InChI=1S/C26H23N3O3S/c1-17-12-13-21(18(2)14-17)27-23(30)15-28-22-11-7-6-10-20(22)26(25(28)32)29(24(31)16-33-26)19-8-4-3-5-9-19/h3-14H,15-16H2,1-2H3,(H,27,30). The Kier molecular flexibility index (Phi) is 5.21. The Balaban J connectivity index is 1.50. The number of aryl methyl sites for hydroxylation is 2. The molecule has 1 spiro atoms. The van der Waals surface area contributed by atoms with E-state index in [1.165, 1.54) is 16.7 Å². The minimum absolute atomic E-state index is 0.129. The molecule has 3 aromatic rings. The van der Waals surface area contributed by atoms with Gasteiger partial charge in [-0.15, -0.1) is 11.8 Å². The van der Waals surface area contributed by atoms with Gasteiger partial charge in [-0.25, -0.2) is 0 Å². The number of para-hydroxylation sites is 2. The molecule has 2 heterocycles. The number of amides is 3. The number of hydrogen-bond donors (Lipinski definition) is 1. The zero-order valence-electron chi connectivity index (χ0n) is 18.4. The molecule has 33 heavy (non-hydrogen) atoms. The highest BCUT2D eigenvalue weighted by Gasteiger charge is 2.61. The van der Waals surface area contributed by atoms with Gasteiger partial charge in [0.15, 0.2) is 0 Å². The lowest BCUT2D eigenvalue weighted by Gasteiger charge is -2.33. The first kappa shape index (κ1) is 21.3. The summed E-state index contributed by atoms with van der Waals surface area (Å²) in [4.78, 5) is 41.8. The van der Waals surface area contributed by atoms with E-state index in [1.807, 2.05) is 86.6 Å². The van der Waals surface area contributed by atoms with Crippen molar-refractivity contribution in [1.29, 1.82) is 0 Å². The minimum atomic E-state index is -1.21. The molecular formula is C26H23N3O3S. The van der Waals surface area contributed by atoms with Crippen LogP contribution >= 0.6 is 11.8 Å². The highest BCUT2D eigenvalue weighted by atomic mass is 32.2. The Morgan fingerprint density at radius 2 is 1.73 bits per heavy atom. The molecule has 0 aromatic heterocycles. The summed E-state index contributed by atoms with van der Waals surface area (Å²) in [6, 6.07) is 22.4. The quantitative estimate of drug-likeness (QED) is 0.637. The van der Waals surface area contributed by atoms with Gasteiger partial charge in [-0.1, -0.05) is 54.1 Å². The first-order chi connectivity index (χ1) is 15.9. The smallest absolute Gasteiger partial charge is 0.269 e. The maximum absolute atomic E-state index is 13.9. The van der Waals surface area contributed by atoms with Gasteiger partial charge in [0.05, 0.1) is 11.4 Å². The van der Waals surface area contributed by atoms with Crippen molar-refractivity contribution in [2.45, 2.75) is 18.7 Å². The average molecular weight is 458 g/mol. The Bertz CT molecular complexity index is 1280. The highest BCUT2D eigenvalue weighted by molar-refractivity contribution is 8.02. The molecule has 7 heteroatoms. The van der Waals surface area contributed by atoms with Crippen molar-refractivity contribution in [3.05, 3.63) is 89.5 Å². The normalized spacial score (nSPS) is 19.3. The van der Waals surface area contributed by atoms with E-state index in [0.717, 1.165) is 22.4 Å². The van der Waals surface area contributed by atoms with E-state index in [0.29, 0.717) is 11.4 Å². The summed E-state index contributed by atoms with van der Waals surface area (Å²) in [6.07, 6.45) is 0. The lowest BCUT2D eigenvalue weighted by Crippen LogP contribution is -2.50. The van der Waals surface area contributed by atoms with Gasteiger partial charge < -0.3 is 5.32 Å². The number of carbonyl (C=O) groups is 3. The largest absolute Gasteiger partial charge is 0.324 e. The molecule has 2 aliphatic rings. The summed E-state index contributed by atoms with van der Waals surface area (Å²) in [5, 5.41) is 2.93. The fourth-order valence-electron chi connectivity index (χ4n) is 4.58.